The zero-order valence-corrected chi connectivity index (χ0v) is 19.2. The molecule has 5 nitrogen and oxygen atoms in total. The van der Waals surface area contributed by atoms with Gasteiger partial charge in [0.05, 0.1) is 6.61 Å². The summed E-state index contributed by atoms with van der Waals surface area (Å²) in [6.45, 7) is 1.99. The second kappa shape index (κ2) is 11.0. The van der Waals surface area contributed by atoms with Gasteiger partial charge in [-0.3, -0.25) is 4.79 Å². The van der Waals surface area contributed by atoms with Crippen LogP contribution in [0, 0.1) is 0 Å². The Hall–Kier alpha value is -2.74. The van der Waals surface area contributed by atoms with Crippen LogP contribution in [-0.4, -0.2) is 23.6 Å². The Bertz CT molecular complexity index is 1070. The summed E-state index contributed by atoms with van der Waals surface area (Å²) >= 11 is 12.6. The molecule has 0 atom stereocenters. The maximum absolute atomic E-state index is 12.6. The van der Waals surface area contributed by atoms with Gasteiger partial charge in [0.15, 0.2) is 5.11 Å². The van der Waals surface area contributed by atoms with Crippen molar-refractivity contribution in [2.24, 2.45) is 0 Å². The topological polar surface area (TPSA) is 67.4 Å². The third-order valence-corrected chi connectivity index (χ3v) is 5.74. The molecular weight excluding hydrogens is 452 g/mol. The fourth-order valence-corrected chi connectivity index (χ4v) is 4.29. The number of rotatable bonds is 7. The molecule has 2 N–H and O–H groups in total. The van der Waals surface area contributed by atoms with Crippen LogP contribution >= 0.6 is 35.2 Å². The standard InChI is InChI=1S/C23H21ClN2O3S2/c1-2-29-22(28)20-18(16-9-11-17(24)12-10-16)14-31-21(20)26-23(30)25-19(27)13-8-15-6-4-3-5-7-15/h3-7,9-12,14H,2,8,13H2,1H3,(H2,25,26,27,30). The average Bonchev–Trinajstić information content (AvgIpc) is 3.17. The van der Waals surface area contributed by atoms with Gasteiger partial charge in [0.1, 0.15) is 10.6 Å². The van der Waals surface area contributed by atoms with Crippen molar-refractivity contribution < 1.29 is 14.3 Å². The summed E-state index contributed by atoms with van der Waals surface area (Å²) < 4.78 is 5.23. The first-order chi connectivity index (χ1) is 15.0. The SMILES string of the molecule is CCOC(=O)c1c(-c2ccc(Cl)cc2)csc1NC(=S)NC(=O)CCc1ccccc1. The third-order valence-electron chi connectivity index (χ3n) is 4.39. The van der Waals surface area contributed by atoms with E-state index in [1.165, 1.54) is 11.3 Å². The van der Waals surface area contributed by atoms with E-state index in [1.807, 2.05) is 47.8 Å². The minimum Gasteiger partial charge on any atom is -0.462 e. The third kappa shape index (κ3) is 6.37. The van der Waals surface area contributed by atoms with Gasteiger partial charge in [-0.1, -0.05) is 54.1 Å². The fraction of sp³-hybridized carbons (Fsp3) is 0.174. The lowest BCUT2D eigenvalue weighted by atomic mass is 10.0. The summed E-state index contributed by atoms with van der Waals surface area (Å²) in [6, 6.07) is 16.9. The predicted octanol–water partition coefficient (Wildman–Crippen LogP) is 5.69. The Kier molecular flexibility index (Phi) is 8.17. The molecule has 0 unspecified atom stereocenters. The molecule has 0 fully saturated rings. The van der Waals surface area contributed by atoms with Crippen molar-refractivity contribution in [2.45, 2.75) is 19.8 Å². The Morgan fingerprint density at radius 1 is 1.10 bits per heavy atom. The molecule has 8 heteroatoms. The normalized spacial score (nSPS) is 10.4. The molecule has 0 saturated carbocycles. The van der Waals surface area contributed by atoms with Gasteiger partial charge in [0.2, 0.25) is 5.91 Å². The number of carbonyl (C=O) groups is 2. The van der Waals surface area contributed by atoms with Gasteiger partial charge < -0.3 is 15.4 Å². The van der Waals surface area contributed by atoms with Crippen molar-refractivity contribution in [2.75, 3.05) is 11.9 Å². The van der Waals surface area contributed by atoms with E-state index in [4.69, 9.17) is 28.6 Å². The minimum absolute atomic E-state index is 0.133. The highest BCUT2D eigenvalue weighted by molar-refractivity contribution is 7.80. The molecule has 0 aliphatic carbocycles. The highest BCUT2D eigenvalue weighted by Gasteiger charge is 2.22. The van der Waals surface area contributed by atoms with Crippen LogP contribution in [0.3, 0.4) is 0 Å². The quantitative estimate of drug-likeness (QED) is 0.341. The van der Waals surface area contributed by atoms with Crippen LogP contribution < -0.4 is 10.6 Å². The largest absolute Gasteiger partial charge is 0.462 e. The number of ether oxygens (including phenoxy) is 1. The van der Waals surface area contributed by atoms with Crippen LogP contribution in [0.15, 0.2) is 60.0 Å². The predicted molar refractivity (Wildman–Crippen MR) is 130 cm³/mol. The molecule has 1 amide bonds. The minimum atomic E-state index is -0.464. The van der Waals surface area contributed by atoms with E-state index < -0.39 is 5.97 Å². The van der Waals surface area contributed by atoms with Gasteiger partial charge in [0, 0.05) is 22.4 Å². The van der Waals surface area contributed by atoms with Crippen molar-refractivity contribution in [3.8, 4) is 11.1 Å². The van der Waals surface area contributed by atoms with Crippen molar-refractivity contribution in [1.82, 2.24) is 5.32 Å². The zero-order chi connectivity index (χ0) is 22.2. The Labute approximate surface area is 195 Å². The number of carbonyl (C=O) groups excluding carboxylic acids is 2. The second-order valence-electron chi connectivity index (χ2n) is 6.57. The van der Waals surface area contributed by atoms with Gasteiger partial charge in [-0.05, 0) is 48.8 Å². The maximum atomic E-state index is 12.6. The first-order valence-electron chi connectivity index (χ1n) is 9.67. The molecule has 0 bridgehead atoms. The summed E-state index contributed by atoms with van der Waals surface area (Å²) in [4.78, 5) is 24.9. The molecule has 1 aromatic heterocycles. The number of esters is 1. The highest BCUT2D eigenvalue weighted by Crippen LogP contribution is 2.36. The summed E-state index contributed by atoms with van der Waals surface area (Å²) in [6.07, 6.45) is 0.917. The van der Waals surface area contributed by atoms with E-state index in [0.29, 0.717) is 34.0 Å². The van der Waals surface area contributed by atoms with E-state index >= 15 is 0 Å². The number of anilines is 1. The van der Waals surface area contributed by atoms with Crippen LogP contribution in [0.4, 0.5) is 5.00 Å². The molecule has 160 valence electrons. The number of hydrogen-bond donors (Lipinski definition) is 2. The van der Waals surface area contributed by atoms with Crippen molar-refractivity contribution in [3.05, 3.63) is 76.1 Å². The molecule has 0 spiro atoms. The van der Waals surface area contributed by atoms with Crippen molar-refractivity contribution in [1.29, 1.82) is 0 Å². The molecule has 1 heterocycles. The lowest BCUT2D eigenvalue weighted by Crippen LogP contribution is -2.34. The Balaban J connectivity index is 1.71. The summed E-state index contributed by atoms with van der Waals surface area (Å²) in [5.74, 6) is -0.664. The lowest BCUT2D eigenvalue weighted by Gasteiger charge is -2.11. The van der Waals surface area contributed by atoms with Gasteiger partial charge in [-0.25, -0.2) is 4.79 Å². The molecular formula is C23H21ClN2O3S2. The second-order valence-corrected chi connectivity index (χ2v) is 8.29. The summed E-state index contributed by atoms with van der Waals surface area (Å²) in [5.41, 5.74) is 2.98. The molecule has 31 heavy (non-hydrogen) atoms. The number of hydrogen-bond acceptors (Lipinski definition) is 5. The molecule has 0 aliphatic heterocycles. The highest BCUT2D eigenvalue weighted by atomic mass is 35.5. The van der Waals surface area contributed by atoms with E-state index in [-0.39, 0.29) is 17.6 Å². The molecule has 2 aromatic carbocycles. The van der Waals surface area contributed by atoms with Crippen LogP contribution in [0.2, 0.25) is 5.02 Å². The monoisotopic (exact) mass is 472 g/mol. The van der Waals surface area contributed by atoms with E-state index in [0.717, 1.165) is 11.1 Å². The van der Waals surface area contributed by atoms with Crippen molar-refractivity contribution in [3.63, 3.8) is 0 Å². The van der Waals surface area contributed by atoms with Crippen LogP contribution in [0.25, 0.3) is 11.1 Å². The number of benzene rings is 2. The molecule has 0 saturated heterocycles. The smallest absolute Gasteiger partial charge is 0.341 e. The molecule has 0 radical (unpaired) electrons. The first kappa shape index (κ1) is 22.9. The van der Waals surface area contributed by atoms with Crippen molar-refractivity contribution >= 4 is 57.1 Å². The maximum Gasteiger partial charge on any atom is 0.341 e. The van der Waals surface area contributed by atoms with Gasteiger partial charge in [0.25, 0.3) is 0 Å². The van der Waals surface area contributed by atoms with Gasteiger partial charge in [-0.15, -0.1) is 11.3 Å². The summed E-state index contributed by atoms with van der Waals surface area (Å²) in [7, 11) is 0. The average molecular weight is 473 g/mol. The molecule has 3 rings (SSSR count). The van der Waals surface area contributed by atoms with Gasteiger partial charge >= 0.3 is 5.97 Å². The summed E-state index contributed by atoms with van der Waals surface area (Å²) in [5, 5.41) is 8.74. The lowest BCUT2D eigenvalue weighted by molar-refractivity contribution is -0.119. The molecule has 3 aromatic rings. The van der Waals surface area contributed by atoms with E-state index in [1.54, 1.807) is 19.1 Å². The van der Waals surface area contributed by atoms with E-state index in [2.05, 4.69) is 10.6 Å². The van der Waals surface area contributed by atoms with Crippen LogP contribution in [0.5, 0.6) is 0 Å². The zero-order valence-electron chi connectivity index (χ0n) is 16.8. The van der Waals surface area contributed by atoms with Crippen LogP contribution in [0.1, 0.15) is 29.3 Å². The van der Waals surface area contributed by atoms with E-state index in [9.17, 15) is 9.59 Å². The van der Waals surface area contributed by atoms with Crippen LogP contribution in [-0.2, 0) is 16.0 Å². The first-order valence-corrected chi connectivity index (χ1v) is 11.3. The fourth-order valence-electron chi connectivity index (χ4n) is 2.92. The number of thiocarbonyl (C=S) groups is 1. The molecule has 0 aliphatic rings. The number of nitrogens with one attached hydrogen (secondary N) is 2. The Morgan fingerprint density at radius 3 is 2.48 bits per heavy atom. The number of amides is 1. The van der Waals surface area contributed by atoms with Gasteiger partial charge in [-0.2, -0.15) is 0 Å². The number of thiophene rings is 1. The number of halogens is 1. The Morgan fingerprint density at radius 2 is 1.81 bits per heavy atom. The number of aryl methyl sites for hydroxylation is 1.